The van der Waals surface area contributed by atoms with Crippen LogP contribution in [0.2, 0.25) is 0 Å². The summed E-state index contributed by atoms with van der Waals surface area (Å²) < 4.78 is 20.9. The van der Waals surface area contributed by atoms with Gasteiger partial charge in [0.1, 0.15) is 18.3 Å². The molecule has 1 aliphatic rings. The molecule has 22 heavy (non-hydrogen) atoms. The molecule has 13 heteroatoms. The zero-order valence-corrected chi connectivity index (χ0v) is 14.3. The van der Waals surface area contributed by atoms with E-state index >= 15 is 0 Å². The molecule has 118 valence electrons. The molecule has 2 heterocycles. The van der Waals surface area contributed by atoms with Gasteiger partial charge >= 0.3 is 35.2 Å². The molecule has 0 saturated carbocycles. The molecule has 0 spiro atoms. The van der Waals surface area contributed by atoms with Crippen molar-refractivity contribution in [2.24, 2.45) is 0 Å². The van der Waals surface area contributed by atoms with Crippen LogP contribution in [0.15, 0.2) is 21.9 Å². The third-order valence-electron chi connectivity index (χ3n) is 2.87. The van der Waals surface area contributed by atoms with E-state index in [0.717, 1.165) is 16.8 Å². The van der Waals surface area contributed by atoms with E-state index in [9.17, 15) is 24.2 Å². The number of rotatable bonds is 4. The van der Waals surface area contributed by atoms with Gasteiger partial charge in [0, 0.05) is 12.3 Å². The van der Waals surface area contributed by atoms with Gasteiger partial charge in [-0.3, -0.25) is 18.9 Å². The minimum atomic E-state index is -5.19. The molecule has 2 rings (SSSR count). The molecular weight excluding hydrogens is 334 g/mol. The summed E-state index contributed by atoms with van der Waals surface area (Å²) in [7, 11) is -5.19. The van der Waals surface area contributed by atoms with E-state index in [1.165, 1.54) is 0 Å². The molecule has 1 saturated heterocycles. The number of aromatic nitrogens is 2. The minimum Gasteiger partial charge on any atom is -0.756 e. The summed E-state index contributed by atoms with van der Waals surface area (Å²) in [5.74, 6) is 0. The first-order chi connectivity index (χ1) is 9.73. The van der Waals surface area contributed by atoms with E-state index in [-0.39, 0.29) is 29.6 Å². The van der Waals surface area contributed by atoms with Crippen molar-refractivity contribution in [1.82, 2.24) is 9.55 Å². The van der Waals surface area contributed by atoms with Gasteiger partial charge < -0.3 is 29.3 Å². The van der Waals surface area contributed by atoms with Crippen LogP contribution in [0.25, 0.3) is 0 Å². The number of hydrogen-bond acceptors (Lipinski definition) is 8. The maximum absolute atomic E-state index is 11.6. The number of aliphatic hydroxyl groups excluding tert-OH is 2. The summed E-state index contributed by atoms with van der Waals surface area (Å²) in [5, 5.41) is 19.1. The van der Waals surface area contributed by atoms with Gasteiger partial charge in [-0.15, -0.1) is 0 Å². The Labute approximate surface area is 145 Å². The van der Waals surface area contributed by atoms with Crippen molar-refractivity contribution in [3.8, 4) is 0 Å². The van der Waals surface area contributed by atoms with Crippen molar-refractivity contribution in [3.63, 3.8) is 0 Å². The van der Waals surface area contributed by atoms with E-state index < -0.39 is 50.2 Å². The molecule has 0 aromatic carbocycles. The van der Waals surface area contributed by atoms with Gasteiger partial charge in [-0.1, -0.05) is 0 Å². The SMILES string of the molecule is O=c1ccn([C@@H]2O[C@H](CO)[C@H](OP(=O)([O-])O)C2O)c(=O)[nH]1.[Na+]. The van der Waals surface area contributed by atoms with Crippen LogP contribution in [0, 0.1) is 0 Å². The summed E-state index contributed by atoms with van der Waals surface area (Å²) in [4.78, 5) is 43.9. The normalized spacial score (nSPS) is 30.5. The smallest absolute Gasteiger partial charge is 0.756 e. The van der Waals surface area contributed by atoms with E-state index in [4.69, 9.17) is 14.7 Å². The molecule has 1 fully saturated rings. The predicted octanol–water partition coefficient (Wildman–Crippen LogP) is -6.36. The van der Waals surface area contributed by atoms with Gasteiger partial charge in [-0.05, 0) is 0 Å². The molecule has 1 aliphatic heterocycles. The molecule has 0 bridgehead atoms. The maximum Gasteiger partial charge on any atom is 1.00 e. The number of aromatic amines is 1. The zero-order valence-electron chi connectivity index (χ0n) is 11.4. The molecule has 0 amide bonds. The van der Waals surface area contributed by atoms with Crippen molar-refractivity contribution in [2.45, 2.75) is 24.5 Å². The van der Waals surface area contributed by atoms with Crippen molar-refractivity contribution in [1.29, 1.82) is 0 Å². The van der Waals surface area contributed by atoms with Crippen molar-refractivity contribution < 1.29 is 63.4 Å². The van der Waals surface area contributed by atoms with Crippen LogP contribution in [-0.4, -0.2) is 49.6 Å². The van der Waals surface area contributed by atoms with Gasteiger partial charge in [0.05, 0.1) is 6.61 Å². The molecule has 2 unspecified atom stereocenters. The van der Waals surface area contributed by atoms with Crippen LogP contribution < -0.4 is 45.7 Å². The van der Waals surface area contributed by atoms with Gasteiger partial charge in [-0.25, -0.2) is 4.79 Å². The van der Waals surface area contributed by atoms with Gasteiger partial charge in [0.15, 0.2) is 6.23 Å². The first-order valence-corrected chi connectivity index (χ1v) is 7.20. The van der Waals surface area contributed by atoms with E-state index in [1.807, 2.05) is 4.98 Å². The molecule has 0 radical (unpaired) electrons. The quantitative estimate of drug-likeness (QED) is 0.305. The summed E-state index contributed by atoms with van der Waals surface area (Å²) in [6.45, 7) is -0.726. The molecule has 1 aromatic heterocycles. The fourth-order valence-electron chi connectivity index (χ4n) is 2.01. The Balaban J connectivity index is 0.00000242. The monoisotopic (exact) mass is 346 g/mol. The second-order valence-corrected chi connectivity index (χ2v) is 5.44. The Hall–Kier alpha value is -0.330. The Bertz CT molecular complexity index is 670. The van der Waals surface area contributed by atoms with E-state index in [0.29, 0.717) is 0 Å². The molecule has 5 atom stereocenters. The Morgan fingerprint density at radius 1 is 1.50 bits per heavy atom. The summed E-state index contributed by atoms with van der Waals surface area (Å²) in [5.41, 5.74) is -1.58. The van der Waals surface area contributed by atoms with Crippen molar-refractivity contribution in [3.05, 3.63) is 33.1 Å². The summed E-state index contributed by atoms with van der Waals surface area (Å²) in [6, 6.07) is 0.990. The minimum absolute atomic E-state index is 0. The van der Waals surface area contributed by atoms with Crippen molar-refractivity contribution in [2.75, 3.05) is 6.61 Å². The average Bonchev–Trinajstić information content (AvgIpc) is 2.65. The largest absolute Gasteiger partial charge is 1.00 e. The summed E-state index contributed by atoms with van der Waals surface area (Å²) in [6.07, 6.45) is -4.95. The topological polar surface area (TPSA) is 174 Å². The van der Waals surface area contributed by atoms with Gasteiger partial charge in [-0.2, -0.15) is 0 Å². The molecule has 11 nitrogen and oxygen atoms in total. The Morgan fingerprint density at radius 3 is 2.64 bits per heavy atom. The number of phosphoric ester groups is 1. The van der Waals surface area contributed by atoms with Crippen LogP contribution >= 0.6 is 7.82 Å². The fourth-order valence-corrected chi connectivity index (χ4v) is 2.58. The van der Waals surface area contributed by atoms with Gasteiger partial charge in [0.25, 0.3) is 13.4 Å². The third-order valence-corrected chi connectivity index (χ3v) is 3.38. The standard InChI is InChI=1S/C9H13N2O9P.Na/c12-3-4-7(20-21(16,17)18)6(14)8(19-4)11-2-1-5(13)10-9(11)15;/h1-2,4,6-8,12,14H,3H2,(H,10,13,15)(H2,16,17,18);/q;+1/p-1/t4-,6?,7+,8-;/m1./s1. The first-order valence-electron chi connectivity index (χ1n) is 5.71. The number of H-pyrrole nitrogens is 1. The molecule has 4 N–H and O–H groups in total. The maximum atomic E-state index is 11.6. The predicted molar refractivity (Wildman–Crippen MR) is 63.0 cm³/mol. The number of ether oxygens (including phenoxy) is 1. The third kappa shape index (κ3) is 4.36. The molecule has 1 aromatic rings. The van der Waals surface area contributed by atoms with Crippen LogP contribution in [0.1, 0.15) is 6.23 Å². The summed E-state index contributed by atoms with van der Waals surface area (Å²) >= 11 is 0. The number of nitrogens with one attached hydrogen (secondary N) is 1. The van der Waals surface area contributed by atoms with Crippen LogP contribution in [0.5, 0.6) is 0 Å². The number of nitrogens with zero attached hydrogens (tertiary/aromatic N) is 1. The Kier molecular flexibility index (Phi) is 6.72. The zero-order chi connectivity index (χ0) is 15.8. The molecule has 0 aliphatic carbocycles. The number of hydrogen-bond donors (Lipinski definition) is 4. The number of phosphoric acid groups is 1. The molecular formula is C9H12N2NaO9P. The Morgan fingerprint density at radius 2 is 2.14 bits per heavy atom. The second kappa shape index (κ2) is 7.49. The van der Waals surface area contributed by atoms with Crippen LogP contribution in [0.3, 0.4) is 0 Å². The van der Waals surface area contributed by atoms with E-state index in [1.54, 1.807) is 0 Å². The van der Waals surface area contributed by atoms with E-state index in [2.05, 4.69) is 4.52 Å². The van der Waals surface area contributed by atoms with Crippen LogP contribution in [-0.2, 0) is 13.8 Å². The number of aliphatic hydroxyl groups is 2. The van der Waals surface area contributed by atoms with Crippen molar-refractivity contribution >= 4 is 7.82 Å². The van der Waals surface area contributed by atoms with Gasteiger partial charge in [0.2, 0.25) is 0 Å². The first kappa shape index (κ1) is 19.7. The fraction of sp³-hybridized carbons (Fsp3) is 0.556. The second-order valence-electron chi connectivity index (χ2n) is 4.29. The van der Waals surface area contributed by atoms with Crippen LogP contribution in [0.4, 0.5) is 0 Å². The average molecular weight is 346 g/mol.